The first kappa shape index (κ1) is 22.1. The molecular weight excluding hydrogens is 402 g/mol. The number of halogens is 3. The Bertz CT molecular complexity index is 678. The molecule has 2 aliphatic heterocycles. The molecule has 0 saturated carbocycles. The summed E-state index contributed by atoms with van der Waals surface area (Å²) in [5, 5.41) is 7.06. The molecule has 29 heavy (non-hydrogen) atoms. The van der Waals surface area contributed by atoms with Crippen LogP contribution in [0, 0.1) is 5.92 Å². The smallest absolute Gasteiger partial charge is 0.387 e. The molecule has 2 fully saturated rings. The maximum absolute atomic E-state index is 12.6. The summed E-state index contributed by atoms with van der Waals surface area (Å²) in [5.41, 5.74) is 0.550. The van der Waals surface area contributed by atoms with Crippen molar-refractivity contribution >= 4 is 17.6 Å². The summed E-state index contributed by atoms with van der Waals surface area (Å²) < 4.78 is 35.3. The van der Waals surface area contributed by atoms with E-state index in [9.17, 15) is 8.78 Å². The summed E-state index contributed by atoms with van der Waals surface area (Å²) in [6, 6.07) is 4.92. The average molecular weight is 431 g/mol. The summed E-state index contributed by atoms with van der Waals surface area (Å²) in [4.78, 5) is 6.76. The van der Waals surface area contributed by atoms with Gasteiger partial charge in [-0.2, -0.15) is 8.78 Å². The SMILES string of the molecule is CN=C(NCc1cc(Cl)ccc1OC(F)F)NC1CCN(CC2CCOC2)CC1. The number of piperidine rings is 1. The molecule has 3 rings (SSSR count). The van der Waals surface area contributed by atoms with E-state index in [0.29, 0.717) is 28.5 Å². The molecule has 1 aromatic carbocycles. The third kappa shape index (κ3) is 6.97. The van der Waals surface area contributed by atoms with Crippen LogP contribution in [0.1, 0.15) is 24.8 Å². The Balaban J connectivity index is 1.46. The fourth-order valence-corrected chi connectivity index (χ4v) is 4.01. The molecule has 0 aliphatic carbocycles. The Kier molecular flexibility index (Phi) is 8.32. The standard InChI is InChI=1S/C20H29ClF2N4O2/c1-24-20(25-11-15-10-16(21)2-3-18(15)29-19(22)23)26-17-4-7-27(8-5-17)12-14-6-9-28-13-14/h2-3,10,14,17,19H,4-9,11-13H2,1H3,(H2,24,25,26). The highest BCUT2D eigenvalue weighted by Crippen LogP contribution is 2.24. The summed E-state index contributed by atoms with van der Waals surface area (Å²) in [5.74, 6) is 1.41. The van der Waals surface area contributed by atoms with Gasteiger partial charge in [0, 0.05) is 56.5 Å². The fourth-order valence-electron chi connectivity index (χ4n) is 3.82. The second-order valence-electron chi connectivity index (χ2n) is 7.51. The lowest BCUT2D eigenvalue weighted by molar-refractivity contribution is -0.0504. The number of benzene rings is 1. The highest BCUT2D eigenvalue weighted by atomic mass is 35.5. The van der Waals surface area contributed by atoms with Crippen molar-refractivity contribution in [2.45, 2.75) is 38.5 Å². The van der Waals surface area contributed by atoms with Crippen LogP contribution in [0.3, 0.4) is 0 Å². The zero-order chi connectivity index (χ0) is 20.6. The van der Waals surface area contributed by atoms with Gasteiger partial charge in [0.05, 0.1) is 6.61 Å². The van der Waals surface area contributed by atoms with E-state index in [0.717, 1.165) is 52.1 Å². The molecular formula is C20H29ClF2N4O2. The second kappa shape index (κ2) is 10.9. The van der Waals surface area contributed by atoms with Gasteiger partial charge in [0.25, 0.3) is 0 Å². The fraction of sp³-hybridized carbons (Fsp3) is 0.650. The molecule has 0 amide bonds. The van der Waals surface area contributed by atoms with Crippen LogP contribution in [0.5, 0.6) is 5.75 Å². The van der Waals surface area contributed by atoms with Crippen LogP contribution >= 0.6 is 11.6 Å². The molecule has 0 radical (unpaired) electrons. The minimum Gasteiger partial charge on any atom is -0.434 e. The quantitative estimate of drug-likeness (QED) is 0.514. The predicted molar refractivity (Wildman–Crippen MR) is 110 cm³/mol. The van der Waals surface area contributed by atoms with Crippen LogP contribution in [0.4, 0.5) is 8.78 Å². The molecule has 2 N–H and O–H groups in total. The summed E-state index contributed by atoms with van der Waals surface area (Å²) in [6.07, 6.45) is 3.23. The number of nitrogens with zero attached hydrogens (tertiary/aromatic N) is 2. The Morgan fingerprint density at radius 2 is 2.14 bits per heavy atom. The largest absolute Gasteiger partial charge is 0.434 e. The normalized spacial score (nSPS) is 21.6. The lowest BCUT2D eigenvalue weighted by atomic mass is 10.0. The van der Waals surface area contributed by atoms with Crippen LogP contribution in [-0.2, 0) is 11.3 Å². The van der Waals surface area contributed by atoms with Crippen LogP contribution in [0.25, 0.3) is 0 Å². The molecule has 0 aromatic heterocycles. The number of hydrogen-bond donors (Lipinski definition) is 2. The van der Waals surface area contributed by atoms with Gasteiger partial charge in [0.15, 0.2) is 5.96 Å². The molecule has 162 valence electrons. The van der Waals surface area contributed by atoms with Gasteiger partial charge in [-0.25, -0.2) is 0 Å². The second-order valence-corrected chi connectivity index (χ2v) is 7.94. The van der Waals surface area contributed by atoms with Gasteiger partial charge in [0.1, 0.15) is 5.75 Å². The number of ether oxygens (including phenoxy) is 2. The van der Waals surface area contributed by atoms with Crippen molar-refractivity contribution < 1.29 is 18.3 Å². The van der Waals surface area contributed by atoms with Crippen molar-refractivity contribution in [3.63, 3.8) is 0 Å². The van der Waals surface area contributed by atoms with Crippen molar-refractivity contribution in [3.05, 3.63) is 28.8 Å². The molecule has 0 spiro atoms. The number of rotatable bonds is 7. The summed E-state index contributed by atoms with van der Waals surface area (Å²) in [6.45, 7) is 2.38. The maximum atomic E-state index is 12.6. The Morgan fingerprint density at radius 1 is 1.34 bits per heavy atom. The molecule has 2 aliphatic rings. The lowest BCUT2D eigenvalue weighted by Gasteiger charge is -2.34. The van der Waals surface area contributed by atoms with Crippen LogP contribution < -0.4 is 15.4 Å². The highest BCUT2D eigenvalue weighted by molar-refractivity contribution is 6.30. The minimum absolute atomic E-state index is 0.108. The first-order valence-electron chi connectivity index (χ1n) is 10.0. The molecule has 2 saturated heterocycles. The first-order chi connectivity index (χ1) is 14.0. The van der Waals surface area contributed by atoms with Gasteiger partial charge in [-0.1, -0.05) is 11.6 Å². The molecule has 1 atom stereocenters. The number of nitrogens with one attached hydrogen (secondary N) is 2. The van der Waals surface area contributed by atoms with Gasteiger partial charge in [-0.05, 0) is 43.4 Å². The monoisotopic (exact) mass is 430 g/mol. The molecule has 6 nitrogen and oxygen atoms in total. The molecule has 9 heteroatoms. The van der Waals surface area contributed by atoms with E-state index in [1.807, 2.05) is 0 Å². The third-order valence-electron chi connectivity index (χ3n) is 5.38. The Morgan fingerprint density at radius 3 is 2.79 bits per heavy atom. The Hall–Kier alpha value is -1.64. The summed E-state index contributed by atoms with van der Waals surface area (Å²) in [7, 11) is 1.69. The summed E-state index contributed by atoms with van der Waals surface area (Å²) >= 11 is 6.00. The van der Waals surface area contributed by atoms with E-state index >= 15 is 0 Å². The van der Waals surface area contributed by atoms with E-state index in [2.05, 4.69) is 25.3 Å². The van der Waals surface area contributed by atoms with Crippen molar-refractivity contribution in [1.29, 1.82) is 0 Å². The zero-order valence-corrected chi connectivity index (χ0v) is 17.4. The van der Waals surface area contributed by atoms with Crippen molar-refractivity contribution in [2.75, 3.05) is 39.9 Å². The van der Waals surface area contributed by atoms with E-state index in [1.165, 1.54) is 12.1 Å². The van der Waals surface area contributed by atoms with Gasteiger partial charge in [-0.15, -0.1) is 0 Å². The third-order valence-corrected chi connectivity index (χ3v) is 5.61. The van der Waals surface area contributed by atoms with Gasteiger partial charge in [-0.3, -0.25) is 4.99 Å². The topological polar surface area (TPSA) is 58.1 Å². The minimum atomic E-state index is -2.88. The molecule has 1 aromatic rings. The number of guanidine groups is 1. The number of alkyl halides is 2. The van der Waals surface area contributed by atoms with Crippen molar-refractivity contribution in [1.82, 2.24) is 15.5 Å². The number of hydrogen-bond acceptors (Lipinski definition) is 4. The van der Waals surface area contributed by atoms with Crippen molar-refractivity contribution in [2.24, 2.45) is 10.9 Å². The molecule has 1 unspecified atom stereocenters. The average Bonchev–Trinajstić information content (AvgIpc) is 3.21. The first-order valence-corrected chi connectivity index (χ1v) is 10.4. The van der Waals surface area contributed by atoms with E-state index < -0.39 is 6.61 Å². The maximum Gasteiger partial charge on any atom is 0.387 e. The van der Waals surface area contributed by atoms with Crippen LogP contribution in [-0.4, -0.2) is 63.4 Å². The van der Waals surface area contributed by atoms with E-state index in [4.69, 9.17) is 16.3 Å². The van der Waals surface area contributed by atoms with Crippen molar-refractivity contribution in [3.8, 4) is 5.75 Å². The van der Waals surface area contributed by atoms with E-state index in [1.54, 1.807) is 13.1 Å². The predicted octanol–water partition coefficient (Wildman–Crippen LogP) is 3.11. The highest BCUT2D eigenvalue weighted by Gasteiger charge is 2.24. The lowest BCUT2D eigenvalue weighted by Crippen LogP contribution is -2.49. The van der Waals surface area contributed by atoms with E-state index in [-0.39, 0.29) is 12.3 Å². The van der Waals surface area contributed by atoms with Gasteiger partial charge < -0.3 is 25.0 Å². The number of likely N-dealkylation sites (tertiary alicyclic amines) is 1. The van der Waals surface area contributed by atoms with Crippen LogP contribution in [0.15, 0.2) is 23.2 Å². The number of aliphatic imine (C=N–C) groups is 1. The van der Waals surface area contributed by atoms with Gasteiger partial charge >= 0.3 is 6.61 Å². The molecule has 2 heterocycles. The zero-order valence-electron chi connectivity index (χ0n) is 16.7. The Labute approximate surface area is 175 Å². The van der Waals surface area contributed by atoms with Gasteiger partial charge in [0.2, 0.25) is 0 Å². The molecule has 0 bridgehead atoms. The van der Waals surface area contributed by atoms with Crippen LogP contribution in [0.2, 0.25) is 5.02 Å².